The summed E-state index contributed by atoms with van der Waals surface area (Å²) in [6.07, 6.45) is 4.35. The van der Waals surface area contributed by atoms with E-state index in [1.165, 1.54) is 0 Å². The van der Waals surface area contributed by atoms with Crippen LogP contribution < -0.4 is 5.32 Å². The Hall–Kier alpha value is -1.87. The van der Waals surface area contributed by atoms with Crippen molar-refractivity contribution in [3.05, 3.63) is 54.1 Å². The second-order valence-electron chi connectivity index (χ2n) is 8.53. The van der Waals surface area contributed by atoms with Crippen LogP contribution in [-0.4, -0.2) is 50.2 Å². The summed E-state index contributed by atoms with van der Waals surface area (Å²) in [5.41, 5.74) is 1.18. The molecule has 4 rings (SSSR count). The fraction of sp³-hybridized carbons (Fsp3) is 0.458. The Bertz CT molecular complexity index is 1030. The average Bonchev–Trinajstić information content (AvgIpc) is 3.32. The summed E-state index contributed by atoms with van der Waals surface area (Å²) in [4.78, 5) is 14.1. The van der Waals surface area contributed by atoms with Gasteiger partial charge in [0.2, 0.25) is 10.0 Å². The molecule has 2 saturated heterocycles. The van der Waals surface area contributed by atoms with Gasteiger partial charge in [0.25, 0.3) is 5.91 Å². The van der Waals surface area contributed by atoms with Crippen LogP contribution in [0.5, 0.6) is 0 Å². The molecule has 2 fully saturated rings. The molecule has 0 aromatic heterocycles. The molecule has 0 spiro atoms. The number of ether oxygens (including phenoxy) is 1. The number of hydrogen-bond donors (Lipinski definition) is 1. The molecule has 2 atom stereocenters. The Labute approximate surface area is 194 Å². The molecule has 32 heavy (non-hydrogen) atoms. The minimum absolute atomic E-state index is 0.207. The molecule has 6 nitrogen and oxygen atoms in total. The van der Waals surface area contributed by atoms with E-state index in [2.05, 4.69) is 12.2 Å². The minimum atomic E-state index is -3.51. The van der Waals surface area contributed by atoms with Crippen LogP contribution in [0.25, 0.3) is 0 Å². The van der Waals surface area contributed by atoms with Crippen LogP contribution in [0.4, 0.5) is 5.69 Å². The number of carbonyl (C=O) groups is 1. The van der Waals surface area contributed by atoms with Crippen molar-refractivity contribution in [1.82, 2.24) is 4.31 Å². The standard InChI is InChI=1S/C24H30N2O4S2/c1-18-6-4-14-26(16-18)32(28,29)21-12-10-19(11-13-21)25-24(27)22-8-2-3-9-23(22)31-17-20-7-5-15-30-20/h2-3,8-13,18,20H,4-7,14-17H2,1H3,(H,25,27)/t18-,20-/m1/s1. The van der Waals surface area contributed by atoms with Crippen molar-refractivity contribution in [2.45, 2.75) is 48.5 Å². The smallest absolute Gasteiger partial charge is 0.256 e. The predicted octanol–water partition coefficient (Wildman–Crippen LogP) is 4.63. The second kappa shape index (κ2) is 10.4. The lowest BCUT2D eigenvalue weighted by molar-refractivity contribution is 0.102. The van der Waals surface area contributed by atoms with Crippen LogP contribution in [0.3, 0.4) is 0 Å². The first-order valence-electron chi connectivity index (χ1n) is 11.2. The molecule has 172 valence electrons. The first-order chi connectivity index (χ1) is 15.4. The van der Waals surface area contributed by atoms with Crippen molar-refractivity contribution in [2.75, 3.05) is 30.8 Å². The van der Waals surface area contributed by atoms with Crippen LogP contribution in [-0.2, 0) is 14.8 Å². The number of nitrogens with zero attached hydrogens (tertiary/aromatic N) is 1. The summed E-state index contributed by atoms with van der Waals surface area (Å²) in [6.45, 7) is 4.01. The average molecular weight is 475 g/mol. The largest absolute Gasteiger partial charge is 0.377 e. The van der Waals surface area contributed by atoms with Crippen LogP contribution in [0.15, 0.2) is 58.3 Å². The van der Waals surface area contributed by atoms with E-state index < -0.39 is 10.0 Å². The van der Waals surface area contributed by atoms with Gasteiger partial charge in [0.15, 0.2) is 0 Å². The third-order valence-electron chi connectivity index (χ3n) is 5.95. The molecule has 2 aromatic carbocycles. The van der Waals surface area contributed by atoms with Gasteiger partial charge >= 0.3 is 0 Å². The maximum atomic E-state index is 12.9. The first kappa shape index (κ1) is 23.3. The molecule has 0 aliphatic carbocycles. The second-order valence-corrected chi connectivity index (χ2v) is 11.5. The number of anilines is 1. The van der Waals surface area contributed by atoms with E-state index in [1.54, 1.807) is 40.3 Å². The SMILES string of the molecule is C[C@@H]1CCCN(S(=O)(=O)c2ccc(NC(=O)c3ccccc3SC[C@H]3CCCO3)cc2)C1. The molecule has 2 aromatic rings. The molecular weight excluding hydrogens is 444 g/mol. The number of thioether (sulfide) groups is 1. The number of rotatable bonds is 7. The van der Waals surface area contributed by atoms with Gasteiger partial charge in [-0.15, -0.1) is 11.8 Å². The quantitative estimate of drug-likeness (QED) is 0.592. The van der Waals surface area contributed by atoms with Gasteiger partial charge in [-0.2, -0.15) is 4.31 Å². The van der Waals surface area contributed by atoms with Gasteiger partial charge < -0.3 is 10.1 Å². The molecule has 0 bridgehead atoms. The molecule has 0 radical (unpaired) electrons. The third-order valence-corrected chi connectivity index (χ3v) is 9.03. The van der Waals surface area contributed by atoms with Crippen LogP contribution in [0, 0.1) is 5.92 Å². The Morgan fingerprint density at radius 1 is 1.12 bits per heavy atom. The number of hydrogen-bond acceptors (Lipinski definition) is 5. The van der Waals surface area contributed by atoms with Crippen molar-refractivity contribution < 1.29 is 17.9 Å². The Kier molecular flexibility index (Phi) is 7.55. The molecule has 2 aliphatic rings. The van der Waals surface area contributed by atoms with Gasteiger partial charge in [0.05, 0.1) is 16.6 Å². The topological polar surface area (TPSA) is 75.7 Å². The number of sulfonamides is 1. The van der Waals surface area contributed by atoms with Crippen LogP contribution in [0.2, 0.25) is 0 Å². The number of amides is 1. The summed E-state index contributed by atoms with van der Waals surface area (Å²) in [5, 5.41) is 2.90. The van der Waals surface area contributed by atoms with Gasteiger partial charge in [0.1, 0.15) is 0 Å². The van der Waals surface area contributed by atoms with Crippen molar-refractivity contribution in [2.24, 2.45) is 5.92 Å². The van der Waals surface area contributed by atoms with Gasteiger partial charge in [-0.05, 0) is 68.0 Å². The van der Waals surface area contributed by atoms with Gasteiger partial charge in [0, 0.05) is 36.0 Å². The van der Waals surface area contributed by atoms with E-state index in [0.29, 0.717) is 30.3 Å². The molecular formula is C24H30N2O4S2. The van der Waals surface area contributed by atoms with E-state index in [0.717, 1.165) is 42.9 Å². The van der Waals surface area contributed by atoms with Gasteiger partial charge in [-0.3, -0.25) is 4.79 Å². The van der Waals surface area contributed by atoms with Crippen molar-refractivity contribution in [3.63, 3.8) is 0 Å². The lowest BCUT2D eigenvalue weighted by atomic mass is 10.0. The van der Waals surface area contributed by atoms with E-state index in [9.17, 15) is 13.2 Å². The Balaban J connectivity index is 1.42. The lowest BCUT2D eigenvalue weighted by Gasteiger charge is -2.30. The number of carbonyl (C=O) groups excluding carboxylic acids is 1. The molecule has 0 unspecified atom stereocenters. The number of nitrogens with one attached hydrogen (secondary N) is 1. The highest BCUT2D eigenvalue weighted by atomic mass is 32.2. The van der Waals surface area contributed by atoms with E-state index in [4.69, 9.17) is 4.74 Å². The highest BCUT2D eigenvalue weighted by Gasteiger charge is 2.28. The summed E-state index contributed by atoms with van der Waals surface area (Å²) in [5.74, 6) is 0.988. The molecule has 8 heteroatoms. The van der Waals surface area contributed by atoms with Gasteiger partial charge in [-0.25, -0.2) is 8.42 Å². The highest BCUT2D eigenvalue weighted by molar-refractivity contribution is 7.99. The zero-order chi connectivity index (χ0) is 22.6. The summed E-state index contributed by atoms with van der Waals surface area (Å²) in [6, 6.07) is 14.0. The maximum Gasteiger partial charge on any atom is 0.256 e. The van der Waals surface area contributed by atoms with Crippen LogP contribution >= 0.6 is 11.8 Å². The monoisotopic (exact) mass is 474 g/mol. The normalized spacial score (nSPS) is 22.0. The van der Waals surface area contributed by atoms with Crippen molar-refractivity contribution in [1.29, 1.82) is 0 Å². The predicted molar refractivity (Wildman–Crippen MR) is 128 cm³/mol. The summed E-state index contributed by atoms with van der Waals surface area (Å²) in [7, 11) is -3.51. The maximum absolute atomic E-state index is 12.9. The van der Waals surface area contributed by atoms with Crippen LogP contribution in [0.1, 0.15) is 43.0 Å². The Morgan fingerprint density at radius 2 is 1.91 bits per heavy atom. The highest BCUT2D eigenvalue weighted by Crippen LogP contribution is 2.28. The minimum Gasteiger partial charge on any atom is -0.377 e. The van der Waals surface area contributed by atoms with Crippen molar-refractivity contribution >= 4 is 33.4 Å². The molecule has 0 saturated carbocycles. The molecule has 2 aliphatic heterocycles. The summed E-state index contributed by atoms with van der Waals surface area (Å²) < 4.78 is 33.1. The zero-order valence-electron chi connectivity index (χ0n) is 18.3. The van der Waals surface area contributed by atoms with E-state index in [1.807, 2.05) is 24.3 Å². The lowest BCUT2D eigenvalue weighted by Crippen LogP contribution is -2.39. The molecule has 2 heterocycles. The third kappa shape index (κ3) is 5.54. The fourth-order valence-corrected chi connectivity index (χ4v) is 6.88. The first-order valence-corrected chi connectivity index (χ1v) is 13.6. The number of benzene rings is 2. The van der Waals surface area contributed by atoms with Crippen molar-refractivity contribution in [3.8, 4) is 0 Å². The molecule has 1 N–H and O–H groups in total. The van der Waals surface area contributed by atoms with E-state index >= 15 is 0 Å². The molecule has 1 amide bonds. The number of piperidine rings is 1. The fourth-order valence-electron chi connectivity index (χ4n) is 4.16. The van der Waals surface area contributed by atoms with Gasteiger partial charge in [-0.1, -0.05) is 19.1 Å². The Morgan fingerprint density at radius 3 is 2.62 bits per heavy atom. The summed E-state index contributed by atoms with van der Waals surface area (Å²) >= 11 is 1.63. The van der Waals surface area contributed by atoms with E-state index in [-0.39, 0.29) is 16.9 Å². The zero-order valence-corrected chi connectivity index (χ0v) is 20.0.